The minimum Gasteiger partial charge on any atom is -0.410 e. The van der Waals surface area contributed by atoms with E-state index < -0.39 is 0 Å². The van der Waals surface area contributed by atoms with Crippen LogP contribution in [0.1, 0.15) is 24.2 Å². The summed E-state index contributed by atoms with van der Waals surface area (Å²) in [4.78, 5) is 36.7. The maximum Gasteiger partial charge on any atom is 0.415 e. The summed E-state index contributed by atoms with van der Waals surface area (Å²) in [5.41, 5.74) is 3.35. The number of amides is 2. The summed E-state index contributed by atoms with van der Waals surface area (Å²) in [6.45, 7) is 7.67. The minimum atomic E-state index is -0.343. The summed E-state index contributed by atoms with van der Waals surface area (Å²) in [5.74, 6) is 0.559. The quantitative estimate of drug-likeness (QED) is 0.366. The van der Waals surface area contributed by atoms with E-state index in [-0.39, 0.29) is 12.0 Å². The number of anilines is 1. The molecule has 36 heavy (non-hydrogen) atoms. The number of hydrogen-bond acceptors (Lipinski definition) is 5. The third-order valence-corrected chi connectivity index (χ3v) is 6.78. The SMILES string of the molecule is CCN(CC)C(=O)Oc1cccc(N2CCN(C(=O)c3c4ccccc4nc4ccccc34)CC2)c1. The van der Waals surface area contributed by atoms with Gasteiger partial charge < -0.3 is 19.4 Å². The Morgan fingerprint density at radius 2 is 1.44 bits per heavy atom. The number of ether oxygens (including phenoxy) is 1. The molecule has 1 aliphatic rings. The minimum absolute atomic E-state index is 0.0337. The number of carbonyl (C=O) groups is 2. The molecule has 5 rings (SSSR count). The van der Waals surface area contributed by atoms with Crippen LogP contribution < -0.4 is 9.64 Å². The highest BCUT2D eigenvalue weighted by atomic mass is 16.6. The van der Waals surface area contributed by atoms with Crippen molar-refractivity contribution in [3.05, 3.63) is 78.4 Å². The molecule has 3 aromatic carbocycles. The number of para-hydroxylation sites is 2. The molecule has 0 N–H and O–H groups in total. The Hall–Kier alpha value is -4.13. The zero-order valence-electron chi connectivity index (χ0n) is 20.7. The predicted octanol–water partition coefficient (Wildman–Crippen LogP) is 5.19. The van der Waals surface area contributed by atoms with Gasteiger partial charge in [0.1, 0.15) is 5.75 Å². The van der Waals surface area contributed by atoms with Gasteiger partial charge in [0.15, 0.2) is 0 Å². The van der Waals surface area contributed by atoms with Gasteiger partial charge in [0.2, 0.25) is 0 Å². The number of fused-ring (bicyclic) bond motifs is 2. The van der Waals surface area contributed by atoms with Crippen molar-refractivity contribution in [2.75, 3.05) is 44.2 Å². The highest BCUT2D eigenvalue weighted by Gasteiger charge is 2.26. The summed E-state index contributed by atoms with van der Waals surface area (Å²) in [6.07, 6.45) is -0.343. The molecule has 0 atom stereocenters. The number of rotatable bonds is 5. The molecular weight excluding hydrogens is 452 g/mol. The number of hydrogen-bond donors (Lipinski definition) is 0. The fraction of sp³-hybridized carbons (Fsp3) is 0.276. The van der Waals surface area contributed by atoms with Gasteiger partial charge >= 0.3 is 6.09 Å². The van der Waals surface area contributed by atoms with E-state index in [2.05, 4.69) is 4.90 Å². The van der Waals surface area contributed by atoms with Crippen molar-refractivity contribution in [3.63, 3.8) is 0 Å². The Bertz CT molecular complexity index is 1350. The first-order valence-corrected chi connectivity index (χ1v) is 12.5. The molecule has 1 saturated heterocycles. The van der Waals surface area contributed by atoms with E-state index in [4.69, 9.17) is 9.72 Å². The van der Waals surface area contributed by atoms with Crippen molar-refractivity contribution in [3.8, 4) is 5.75 Å². The van der Waals surface area contributed by atoms with Crippen LogP contribution in [-0.2, 0) is 0 Å². The van der Waals surface area contributed by atoms with E-state index in [1.165, 1.54) is 0 Å². The first-order valence-electron chi connectivity index (χ1n) is 12.5. The monoisotopic (exact) mass is 482 g/mol. The second-order valence-corrected chi connectivity index (χ2v) is 8.84. The van der Waals surface area contributed by atoms with Crippen LogP contribution in [0.5, 0.6) is 5.75 Å². The van der Waals surface area contributed by atoms with Crippen LogP contribution in [0.15, 0.2) is 72.8 Å². The first kappa shape index (κ1) is 23.6. The molecule has 0 radical (unpaired) electrons. The molecule has 7 heteroatoms. The van der Waals surface area contributed by atoms with Crippen molar-refractivity contribution in [2.24, 2.45) is 0 Å². The fourth-order valence-corrected chi connectivity index (χ4v) is 4.79. The van der Waals surface area contributed by atoms with Crippen LogP contribution in [-0.4, -0.2) is 66.1 Å². The molecule has 0 unspecified atom stereocenters. The van der Waals surface area contributed by atoms with E-state index in [0.717, 1.165) is 33.1 Å². The molecule has 0 spiro atoms. The molecular formula is C29H30N4O3. The molecule has 2 heterocycles. The summed E-state index contributed by atoms with van der Waals surface area (Å²) >= 11 is 0. The molecule has 0 aliphatic carbocycles. The lowest BCUT2D eigenvalue weighted by Crippen LogP contribution is -2.48. The average Bonchev–Trinajstić information content (AvgIpc) is 2.92. The zero-order valence-corrected chi connectivity index (χ0v) is 20.7. The topological polar surface area (TPSA) is 66.0 Å². The Morgan fingerprint density at radius 3 is 2.06 bits per heavy atom. The van der Waals surface area contributed by atoms with Crippen LogP contribution in [0, 0.1) is 0 Å². The van der Waals surface area contributed by atoms with Crippen LogP contribution in [0.3, 0.4) is 0 Å². The fourth-order valence-electron chi connectivity index (χ4n) is 4.79. The molecule has 7 nitrogen and oxygen atoms in total. The van der Waals surface area contributed by atoms with Crippen LogP contribution in [0.2, 0.25) is 0 Å². The van der Waals surface area contributed by atoms with Gasteiger partial charge in [-0.1, -0.05) is 42.5 Å². The highest BCUT2D eigenvalue weighted by Crippen LogP contribution is 2.28. The van der Waals surface area contributed by atoms with Gasteiger partial charge in [0.05, 0.1) is 16.6 Å². The number of aromatic nitrogens is 1. The molecule has 0 saturated carbocycles. The van der Waals surface area contributed by atoms with Gasteiger partial charge in [-0.25, -0.2) is 9.78 Å². The van der Waals surface area contributed by atoms with Gasteiger partial charge in [-0.15, -0.1) is 0 Å². The Morgan fingerprint density at radius 1 is 0.833 bits per heavy atom. The van der Waals surface area contributed by atoms with Gasteiger partial charge in [0.25, 0.3) is 5.91 Å². The Labute approximate surface area is 210 Å². The zero-order chi connectivity index (χ0) is 25.1. The maximum atomic E-state index is 13.8. The van der Waals surface area contributed by atoms with Gasteiger partial charge in [-0.05, 0) is 38.1 Å². The summed E-state index contributed by atoms with van der Waals surface area (Å²) in [6, 6.07) is 23.3. The van der Waals surface area contributed by atoms with E-state index in [0.29, 0.717) is 45.0 Å². The first-order chi connectivity index (χ1) is 17.6. The van der Waals surface area contributed by atoms with Gasteiger partial charge in [-0.3, -0.25) is 4.79 Å². The van der Waals surface area contributed by atoms with Crippen LogP contribution >= 0.6 is 0 Å². The Balaban J connectivity index is 1.33. The predicted molar refractivity (Wildman–Crippen MR) is 143 cm³/mol. The molecule has 0 bridgehead atoms. The summed E-state index contributed by atoms with van der Waals surface area (Å²) < 4.78 is 5.58. The highest BCUT2D eigenvalue weighted by molar-refractivity contribution is 6.16. The van der Waals surface area contributed by atoms with E-state index in [9.17, 15) is 9.59 Å². The lowest BCUT2D eigenvalue weighted by Gasteiger charge is -2.36. The van der Waals surface area contributed by atoms with Crippen molar-refractivity contribution in [2.45, 2.75) is 13.8 Å². The van der Waals surface area contributed by atoms with Gasteiger partial charge in [-0.2, -0.15) is 0 Å². The van der Waals surface area contributed by atoms with Crippen molar-refractivity contribution < 1.29 is 14.3 Å². The third-order valence-electron chi connectivity index (χ3n) is 6.78. The smallest absolute Gasteiger partial charge is 0.410 e. The van der Waals surface area contributed by atoms with Crippen LogP contribution in [0.25, 0.3) is 21.8 Å². The number of nitrogens with zero attached hydrogens (tertiary/aromatic N) is 4. The van der Waals surface area contributed by atoms with Crippen molar-refractivity contribution >= 4 is 39.5 Å². The van der Waals surface area contributed by atoms with Gasteiger partial charge in [0, 0.05) is 61.8 Å². The van der Waals surface area contributed by atoms with Crippen LogP contribution in [0.4, 0.5) is 10.5 Å². The Kier molecular flexibility index (Phi) is 6.71. The molecule has 2 amide bonds. The van der Waals surface area contributed by atoms with E-state index in [1.54, 1.807) is 11.0 Å². The second-order valence-electron chi connectivity index (χ2n) is 8.84. The molecule has 4 aromatic rings. The number of benzene rings is 3. The maximum absolute atomic E-state index is 13.8. The standard InChI is InChI=1S/C29H30N4O3/c1-3-31(4-2)29(35)36-22-11-9-10-21(20-22)32-16-18-33(19-17-32)28(34)27-23-12-5-7-14-25(23)30-26-15-8-6-13-24(26)27/h5-15,20H,3-4,16-19H2,1-2H3. The molecule has 1 fully saturated rings. The second kappa shape index (κ2) is 10.2. The van der Waals surface area contributed by atoms with Crippen molar-refractivity contribution in [1.29, 1.82) is 0 Å². The molecule has 1 aromatic heterocycles. The average molecular weight is 483 g/mol. The van der Waals surface area contributed by atoms with E-state index >= 15 is 0 Å². The third kappa shape index (κ3) is 4.56. The molecule has 184 valence electrons. The lowest BCUT2D eigenvalue weighted by molar-refractivity contribution is 0.0750. The summed E-state index contributed by atoms with van der Waals surface area (Å²) in [7, 11) is 0. The van der Waals surface area contributed by atoms with E-state index in [1.807, 2.05) is 85.5 Å². The lowest BCUT2D eigenvalue weighted by atomic mass is 10.0. The number of piperazine rings is 1. The van der Waals surface area contributed by atoms with Crippen molar-refractivity contribution in [1.82, 2.24) is 14.8 Å². The normalized spacial score (nSPS) is 13.7. The molecule has 1 aliphatic heterocycles. The number of pyridine rings is 1. The largest absolute Gasteiger partial charge is 0.415 e. The summed E-state index contributed by atoms with van der Waals surface area (Å²) in [5, 5.41) is 1.76. The number of carbonyl (C=O) groups excluding carboxylic acids is 2.